The number of primary amides is 1. The van der Waals surface area contributed by atoms with Crippen molar-refractivity contribution in [1.82, 2.24) is 0 Å². The Morgan fingerprint density at radius 2 is 2.33 bits per heavy atom. The Labute approximate surface area is 69.3 Å². The molecule has 0 aromatic heterocycles. The van der Waals surface area contributed by atoms with Gasteiger partial charge < -0.3 is 5.73 Å². The maximum Gasteiger partial charge on any atom is 0.230 e. The summed E-state index contributed by atoms with van der Waals surface area (Å²) in [6, 6.07) is 0. The van der Waals surface area contributed by atoms with Gasteiger partial charge >= 0.3 is 0 Å². The van der Waals surface area contributed by atoms with Crippen LogP contribution in [0.1, 0.15) is 26.2 Å². The molecule has 1 amide bonds. The van der Waals surface area contributed by atoms with Crippen LogP contribution >= 0.6 is 22.6 Å². The molecule has 0 spiro atoms. The highest BCUT2D eigenvalue weighted by molar-refractivity contribution is 14.1. The fourth-order valence-electron chi connectivity index (χ4n) is 0.526. The SMILES string of the molecule is CCCCC(I)C(N)=O. The van der Waals surface area contributed by atoms with Gasteiger partial charge in [-0.1, -0.05) is 42.4 Å². The van der Waals surface area contributed by atoms with E-state index in [-0.39, 0.29) is 9.83 Å². The van der Waals surface area contributed by atoms with Crippen LogP contribution < -0.4 is 5.73 Å². The molecule has 0 aromatic carbocycles. The van der Waals surface area contributed by atoms with E-state index in [1.54, 1.807) is 0 Å². The summed E-state index contributed by atoms with van der Waals surface area (Å²) in [5.41, 5.74) is 5.03. The van der Waals surface area contributed by atoms with E-state index in [1.807, 2.05) is 0 Å². The summed E-state index contributed by atoms with van der Waals surface area (Å²) in [5.74, 6) is -0.191. The van der Waals surface area contributed by atoms with E-state index in [4.69, 9.17) is 5.73 Å². The number of carbonyl (C=O) groups is 1. The minimum absolute atomic E-state index is 0.0301. The predicted octanol–water partition coefficient (Wildman–Crippen LogP) is 1.47. The number of unbranched alkanes of at least 4 members (excludes halogenated alkanes) is 1. The second-order valence-corrected chi connectivity index (χ2v) is 3.52. The van der Waals surface area contributed by atoms with Crippen molar-refractivity contribution >= 4 is 28.5 Å². The number of alkyl halides is 1. The number of amides is 1. The molecule has 9 heavy (non-hydrogen) atoms. The highest BCUT2D eigenvalue weighted by Gasteiger charge is 2.07. The van der Waals surface area contributed by atoms with E-state index in [9.17, 15) is 4.79 Å². The first kappa shape index (κ1) is 9.20. The van der Waals surface area contributed by atoms with Crippen LogP contribution in [-0.4, -0.2) is 9.83 Å². The van der Waals surface area contributed by atoms with E-state index < -0.39 is 0 Å². The molecule has 2 nitrogen and oxygen atoms in total. The van der Waals surface area contributed by atoms with Crippen molar-refractivity contribution < 1.29 is 4.79 Å². The summed E-state index contributed by atoms with van der Waals surface area (Å²) < 4.78 is 0.0301. The number of hydrogen-bond donors (Lipinski definition) is 1. The largest absolute Gasteiger partial charge is 0.369 e. The lowest BCUT2D eigenvalue weighted by Crippen LogP contribution is -2.22. The second kappa shape index (κ2) is 5.02. The number of rotatable bonds is 4. The summed E-state index contributed by atoms with van der Waals surface area (Å²) in [4.78, 5) is 10.4. The topological polar surface area (TPSA) is 43.1 Å². The van der Waals surface area contributed by atoms with Gasteiger partial charge in [-0.2, -0.15) is 0 Å². The van der Waals surface area contributed by atoms with E-state index >= 15 is 0 Å². The molecule has 1 atom stereocenters. The lowest BCUT2D eigenvalue weighted by atomic mass is 10.2. The van der Waals surface area contributed by atoms with Gasteiger partial charge in [0.15, 0.2) is 0 Å². The number of halogens is 1. The molecule has 2 N–H and O–H groups in total. The predicted molar refractivity (Wildman–Crippen MR) is 46.5 cm³/mol. The van der Waals surface area contributed by atoms with Crippen molar-refractivity contribution in [2.45, 2.75) is 30.1 Å². The average molecular weight is 241 g/mol. The highest BCUT2D eigenvalue weighted by Crippen LogP contribution is 2.08. The first-order chi connectivity index (χ1) is 4.18. The number of carbonyl (C=O) groups excluding carboxylic acids is 1. The second-order valence-electron chi connectivity index (χ2n) is 2.01. The van der Waals surface area contributed by atoms with Crippen LogP contribution in [-0.2, 0) is 4.79 Å². The molecule has 1 unspecified atom stereocenters. The molecule has 0 saturated carbocycles. The van der Waals surface area contributed by atoms with Crippen LogP contribution in [0.5, 0.6) is 0 Å². The first-order valence-electron chi connectivity index (χ1n) is 3.12. The summed E-state index contributed by atoms with van der Waals surface area (Å²) >= 11 is 2.08. The van der Waals surface area contributed by atoms with Gasteiger partial charge in [0.1, 0.15) is 0 Å². The molecule has 0 aromatic rings. The standard InChI is InChI=1S/C6H12INO/c1-2-3-4-5(7)6(8)9/h5H,2-4H2,1H3,(H2,8,9). The Balaban J connectivity index is 3.27. The molecule has 0 aliphatic heterocycles. The zero-order valence-corrected chi connectivity index (χ0v) is 7.72. The molecule has 0 rings (SSSR count). The Kier molecular flexibility index (Phi) is 5.13. The first-order valence-corrected chi connectivity index (χ1v) is 4.36. The van der Waals surface area contributed by atoms with Crippen LogP contribution in [0.25, 0.3) is 0 Å². The number of nitrogens with two attached hydrogens (primary N) is 1. The van der Waals surface area contributed by atoms with Crippen LogP contribution in [0.2, 0.25) is 0 Å². The van der Waals surface area contributed by atoms with Gasteiger partial charge in [-0.15, -0.1) is 0 Å². The Bertz CT molecular complexity index is 95.1. The van der Waals surface area contributed by atoms with Gasteiger partial charge in [0.2, 0.25) is 5.91 Å². The van der Waals surface area contributed by atoms with Crippen molar-refractivity contribution in [2.75, 3.05) is 0 Å². The van der Waals surface area contributed by atoms with E-state index in [0.717, 1.165) is 19.3 Å². The van der Waals surface area contributed by atoms with Gasteiger partial charge in [0.25, 0.3) is 0 Å². The third kappa shape index (κ3) is 4.69. The van der Waals surface area contributed by atoms with E-state index in [2.05, 4.69) is 29.5 Å². The summed E-state index contributed by atoms with van der Waals surface area (Å²) in [6.07, 6.45) is 3.15. The van der Waals surface area contributed by atoms with Crippen molar-refractivity contribution in [2.24, 2.45) is 5.73 Å². The van der Waals surface area contributed by atoms with Crippen LogP contribution in [0.15, 0.2) is 0 Å². The van der Waals surface area contributed by atoms with Crippen molar-refractivity contribution in [3.63, 3.8) is 0 Å². The fourth-order valence-corrected chi connectivity index (χ4v) is 0.966. The molecule has 0 heterocycles. The molecule has 0 radical (unpaired) electrons. The van der Waals surface area contributed by atoms with E-state index in [0.29, 0.717) is 0 Å². The molecule has 3 heteroatoms. The lowest BCUT2D eigenvalue weighted by Gasteiger charge is -2.01. The third-order valence-corrected chi connectivity index (χ3v) is 2.36. The van der Waals surface area contributed by atoms with Crippen LogP contribution in [0.3, 0.4) is 0 Å². The molecule has 0 bridgehead atoms. The zero-order valence-electron chi connectivity index (χ0n) is 5.56. The minimum atomic E-state index is -0.191. The highest BCUT2D eigenvalue weighted by atomic mass is 127. The minimum Gasteiger partial charge on any atom is -0.369 e. The van der Waals surface area contributed by atoms with Crippen molar-refractivity contribution in [1.29, 1.82) is 0 Å². The Morgan fingerprint density at radius 1 is 1.78 bits per heavy atom. The lowest BCUT2D eigenvalue weighted by molar-refractivity contribution is -0.117. The quantitative estimate of drug-likeness (QED) is 0.587. The number of hydrogen-bond acceptors (Lipinski definition) is 1. The monoisotopic (exact) mass is 241 g/mol. The average Bonchev–Trinajstić information content (AvgIpc) is 1.82. The molecule has 0 aliphatic carbocycles. The maximum absolute atomic E-state index is 10.4. The van der Waals surface area contributed by atoms with Gasteiger partial charge in [0.05, 0.1) is 3.92 Å². The Morgan fingerprint density at radius 3 is 2.67 bits per heavy atom. The van der Waals surface area contributed by atoms with Crippen LogP contribution in [0, 0.1) is 0 Å². The molecular weight excluding hydrogens is 229 g/mol. The van der Waals surface area contributed by atoms with Crippen molar-refractivity contribution in [3.8, 4) is 0 Å². The summed E-state index contributed by atoms with van der Waals surface area (Å²) in [6.45, 7) is 2.10. The zero-order chi connectivity index (χ0) is 7.28. The van der Waals surface area contributed by atoms with Crippen molar-refractivity contribution in [3.05, 3.63) is 0 Å². The molecule has 0 saturated heterocycles. The maximum atomic E-state index is 10.4. The normalized spacial score (nSPS) is 13.1. The molecular formula is C6H12INO. The van der Waals surface area contributed by atoms with Crippen LogP contribution in [0.4, 0.5) is 0 Å². The smallest absolute Gasteiger partial charge is 0.230 e. The molecule has 54 valence electrons. The summed E-state index contributed by atoms with van der Waals surface area (Å²) in [5, 5.41) is 0. The molecule has 0 aliphatic rings. The third-order valence-electron chi connectivity index (χ3n) is 1.12. The Hall–Kier alpha value is 0.200. The summed E-state index contributed by atoms with van der Waals surface area (Å²) in [7, 11) is 0. The van der Waals surface area contributed by atoms with Gasteiger partial charge in [-0.05, 0) is 6.42 Å². The van der Waals surface area contributed by atoms with Gasteiger partial charge in [0, 0.05) is 0 Å². The molecule has 0 fully saturated rings. The van der Waals surface area contributed by atoms with Gasteiger partial charge in [-0.3, -0.25) is 4.79 Å². The fraction of sp³-hybridized carbons (Fsp3) is 0.833. The van der Waals surface area contributed by atoms with Gasteiger partial charge in [-0.25, -0.2) is 0 Å². The van der Waals surface area contributed by atoms with E-state index in [1.165, 1.54) is 0 Å².